The molecular formula is C18H24N4O6. The summed E-state index contributed by atoms with van der Waals surface area (Å²) in [6.07, 6.45) is 4.31. The first-order chi connectivity index (χ1) is 13.4. The van der Waals surface area contributed by atoms with Gasteiger partial charge in [-0.2, -0.15) is 10.2 Å². The average Bonchev–Trinajstić information content (AvgIpc) is 2.91. The van der Waals surface area contributed by atoms with Crippen LogP contribution in [0.25, 0.3) is 0 Å². The number of aliphatic hydroxyl groups is 2. The molecule has 1 aromatic rings. The molecular weight excluding hydrogens is 368 g/mol. The molecule has 0 spiro atoms. The Kier molecular flexibility index (Phi) is 7.00. The van der Waals surface area contributed by atoms with Gasteiger partial charge in [-0.3, -0.25) is 4.79 Å². The number of aliphatic hydroxyl groups excluding tert-OH is 2. The summed E-state index contributed by atoms with van der Waals surface area (Å²) in [6, 6.07) is 2.91. The van der Waals surface area contributed by atoms with Gasteiger partial charge in [-0.15, -0.1) is 0 Å². The SMILES string of the molecule is CCCCCCCC(=O)OCC1=C(O)C(O)[C@](C#N)(n2ccc(N)nc2=O)O1. The third kappa shape index (κ3) is 4.43. The molecule has 1 aliphatic heterocycles. The third-order valence-electron chi connectivity index (χ3n) is 4.39. The molecule has 1 aliphatic rings. The zero-order valence-corrected chi connectivity index (χ0v) is 15.6. The molecule has 2 atom stereocenters. The Bertz CT molecular complexity index is 843. The number of hydrogen-bond acceptors (Lipinski definition) is 9. The van der Waals surface area contributed by atoms with Gasteiger partial charge in [0.2, 0.25) is 0 Å². The van der Waals surface area contributed by atoms with Crippen LogP contribution < -0.4 is 11.4 Å². The number of unbranched alkanes of at least 4 members (excludes halogenated alkanes) is 4. The van der Waals surface area contributed by atoms with Gasteiger partial charge in [-0.25, -0.2) is 9.36 Å². The molecule has 0 aliphatic carbocycles. The molecule has 0 aromatic carbocycles. The molecule has 4 N–H and O–H groups in total. The summed E-state index contributed by atoms with van der Waals surface area (Å²) in [5.74, 6) is -1.57. The first-order valence-corrected chi connectivity index (χ1v) is 9.07. The fourth-order valence-electron chi connectivity index (χ4n) is 2.82. The van der Waals surface area contributed by atoms with Gasteiger partial charge in [-0.05, 0) is 12.5 Å². The Morgan fingerprint density at radius 3 is 2.82 bits per heavy atom. The lowest BCUT2D eigenvalue weighted by Crippen LogP contribution is -2.48. The van der Waals surface area contributed by atoms with Crippen molar-refractivity contribution in [1.82, 2.24) is 9.55 Å². The van der Waals surface area contributed by atoms with Crippen LogP contribution >= 0.6 is 0 Å². The Balaban J connectivity index is 2.03. The first kappa shape index (κ1) is 21.2. The lowest BCUT2D eigenvalue weighted by atomic mass is 10.1. The average molecular weight is 392 g/mol. The molecule has 152 valence electrons. The number of anilines is 1. The summed E-state index contributed by atoms with van der Waals surface area (Å²) in [7, 11) is 0. The van der Waals surface area contributed by atoms with Crippen LogP contribution in [0.5, 0.6) is 0 Å². The molecule has 2 rings (SSSR count). The largest absolute Gasteiger partial charge is 0.506 e. The Morgan fingerprint density at radius 1 is 1.46 bits per heavy atom. The number of nitrogens with zero attached hydrogens (tertiary/aromatic N) is 3. The number of nitrogen functional groups attached to an aromatic ring is 1. The highest BCUT2D eigenvalue weighted by molar-refractivity contribution is 5.69. The van der Waals surface area contributed by atoms with Crippen LogP contribution in [-0.4, -0.2) is 38.4 Å². The van der Waals surface area contributed by atoms with Crippen molar-refractivity contribution < 1.29 is 24.5 Å². The molecule has 0 saturated carbocycles. The van der Waals surface area contributed by atoms with Gasteiger partial charge >= 0.3 is 17.4 Å². The highest BCUT2D eigenvalue weighted by atomic mass is 16.6. The predicted octanol–water partition coefficient (Wildman–Crippen LogP) is 1.07. The van der Waals surface area contributed by atoms with Gasteiger partial charge < -0.3 is 25.4 Å². The Morgan fingerprint density at radius 2 is 2.18 bits per heavy atom. The maximum Gasteiger partial charge on any atom is 0.353 e. The number of carbonyl (C=O) groups is 1. The third-order valence-corrected chi connectivity index (χ3v) is 4.39. The van der Waals surface area contributed by atoms with Gasteiger partial charge in [0.25, 0.3) is 0 Å². The van der Waals surface area contributed by atoms with Crippen molar-refractivity contribution in [2.75, 3.05) is 12.3 Å². The van der Waals surface area contributed by atoms with Gasteiger partial charge in [-0.1, -0.05) is 32.6 Å². The van der Waals surface area contributed by atoms with Gasteiger partial charge in [0.05, 0.1) is 0 Å². The molecule has 0 radical (unpaired) electrons. The normalized spacial score (nSPS) is 21.2. The quantitative estimate of drug-likeness (QED) is 0.412. The summed E-state index contributed by atoms with van der Waals surface area (Å²) in [5.41, 5.74) is 2.20. The minimum atomic E-state index is -2.27. The maximum absolute atomic E-state index is 12.1. The summed E-state index contributed by atoms with van der Waals surface area (Å²) in [4.78, 5) is 27.4. The van der Waals surface area contributed by atoms with Crippen LogP contribution in [0, 0.1) is 11.3 Å². The molecule has 10 heteroatoms. The van der Waals surface area contributed by atoms with E-state index in [9.17, 15) is 25.1 Å². The topological polar surface area (TPSA) is 161 Å². The van der Waals surface area contributed by atoms with E-state index < -0.39 is 35.9 Å². The van der Waals surface area contributed by atoms with Crippen LogP contribution in [0.3, 0.4) is 0 Å². The van der Waals surface area contributed by atoms with Crippen LogP contribution in [0.15, 0.2) is 28.6 Å². The highest BCUT2D eigenvalue weighted by Crippen LogP contribution is 2.36. The van der Waals surface area contributed by atoms with E-state index in [1.165, 1.54) is 6.07 Å². The van der Waals surface area contributed by atoms with Crippen molar-refractivity contribution in [2.24, 2.45) is 0 Å². The summed E-state index contributed by atoms with van der Waals surface area (Å²) in [5, 5.41) is 30.0. The number of hydrogen-bond donors (Lipinski definition) is 3. The van der Waals surface area contributed by atoms with Crippen LogP contribution in [0.4, 0.5) is 5.82 Å². The monoisotopic (exact) mass is 392 g/mol. The van der Waals surface area contributed by atoms with Crippen LogP contribution in [-0.2, 0) is 20.0 Å². The van der Waals surface area contributed by atoms with Crippen molar-refractivity contribution in [2.45, 2.75) is 57.3 Å². The van der Waals surface area contributed by atoms with Crippen LogP contribution in [0.1, 0.15) is 45.4 Å². The Hall–Kier alpha value is -3.06. The zero-order valence-electron chi connectivity index (χ0n) is 15.6. The summed E-state index contributed by atoms with van der Waals surface area (Å²) < 4.78 is 11.1. The molecule has 1 aromatic heterocycles. The van der Waals surface area contributed by atoms with E-state index in [0.29, 0.717) is 11.0 Å². The second-order valence-electron chi connectivity index (χ2n) is 6.45. The van der Waals surface area contributed by atoms with Gasteiger partial charge in [0, 0.05) is 12.6 Å². The molecule has 2 heterocycles. The molecule has 10 nitrogen and oxygen atoms in total. The fraction of sp³-hybridized carbons (Fsp3) is 0.556. The van der Waals surface area contributed by atoms with E-state index in [-0.39, 0.29) is 18.0 Å². The number of aromatic nitrogens is 2. The first-order valence-electron chi connectivity index (χ1n) is 9.07. The molecule has 28 heavy (non-hydrogen) atoms. The number of nitriles is 1. The molecule has 0 saturated heterocycles. The van der Waals surface area contributed by atoms with Crippen LogP contribution in [0.2, 0.25) is 0 Å². The number of ether oxygens (including phenoxy) is 2. The van der Waals surface area contributed by atoms with E-state index in [0.717, 1.165) is 31.9 Å². The van der Waals surface area contributed by atoms with E-state index >= 15 is 0 Å². The number of carbonyl (C=O) groups excluding carboxylic acids is 1. The smallest absolute Gasteiger partial charge is 0.353 e. The lowest BCUT2D eigenvalue weighted by Gasteiger charge is -2.26. The molecule has 1 unspecified atom stereocenters. The van der Waals surface area contributed by atoms with E-state index in [4.69, 9.17) is 15.2 Å². The lowest BCUT2D eigenvalue weighted by molar-refractivity contribution is -0.145. The minimum absolute atomic E-state index is 0.0768. The van der Waals surface area contributed by atoms with Crippen molar-refractivity contribution >= 4 is 11.8 Å². The van der Waals surface area contributed by atoms with Crippen molar-refractivity contribution in [1.29, 1.82) is 5.26 Å². The predicted molar refractivity (Wildman–Crippen MR) is 97.6 cm³/mol. The number of nitrogens with two attached hydrogens (primary N) is 1. The van der Waals surface area contributed by atoms with E-state index in [1.807, 2.05) is 0 Å². The van der Waals surface area contributed by atoms with Crippen molar-refractivity contribution in [3.63, 3.8) is 0 Å². The molecule has 0 amide bonds. The molecule has 0 fully saturated rings. The fourth-order valence-corrected chi connectivity index (χ4v) is 2.82. The standard InChI is InChI=1S/C18H24N4O6/c1-2-3-4-5-6-7-14(23)27-10-12-15(24)16(25)18(11-19,28-12)22-9-8-13(20)21-17(22)26/h8-9,16,24-25H,2-7,10H2,1H3,(H2,20,21,26)/t16?,18-/m1/s1. The summed E-state index contributed by atoms with van der Waals surface area (Å²) in [6.45, 7) is 1.62. The Labute approximate surface area is 161 Å². The molecule has 0 bridgehead atoms. The van der Waals surface area contributed by atoms with E-state index in [1.54, 1.807) is 6.07 Å². The zero-order chi connectivity index (χ0) is 20.7. The second-order valence-corrected chi connectivity index (χ2v) is 6.45. The second kappa shape index (κ2) is 9.23. The van der Waals surface area contributed by atoms with Gasteiger partial charge in [0.1, 0.15) is 11.9 Å². The van der Waals surface area contributed by atoms with Crippen molar-refractivity contribution in [3.05, 3.63) is 34.3 Å². The highest BCUT2D eigenvalue weighted by Gasteiger charge is 2.53. The summed E-state index contributed by atoms with van der Waals surface area (Å²) >= 11 is 0. The minimum Gasteiger partial charge on any atom is -0.506 e. The maximum atomic E-state index is 12.1. The number of esters is 1. The van der Waals surface area contributed by atoms with Crippen molar-refractivity contribution in [3.8, 4) is 6.07 Å². The number of rotatable bonds is 9. The van der Waals surface area contributed by atoms with E-state index in [2.05, 4.69) is 11.9 Å². The van der Waals surface area contributed by atoms with Gasteiger partial charge in [0.15, 0.2) is 24.2 Å².